The Morgan fingerprint density at radius 2 is 1.48 bits per heavy atom. The third-order valence-electron chi connectivity index (χ3n) is 5.83. The minimum absolute atomic E-state index is 0.0824. The Morgan fingerprint density at radius 1 is 0.903 bits per heavy atom. The Morgan fingerprint density at radius 3 is 2.03 bits per heavy atom. The monoisotopic (exact) mass is 424 g/mol. The molecule has 0 spiro atoms. The van der Waals surface area contributed by atoms with Gasteiger partial charge in [0.2, 0.25) is 0 Å². The number of benzene rings is 2. The fourth-order valence-corrected chi connectivity index (χ4v) is 4.53. The predicted octanol–water partition coefficient (Wildman–Crippen LogP) is 4.52. The molecular formula is C26H32O5. The smallest absolute Gasteiger partial charge is 0.339 e. The molecular weight excluding hydrogens is 392 g/mol. The third kappa shape index (κ3) is 4.82. The molecule has 2 aromatic rings. The molecule has 0 heterocycles. The van der Waals surface area contributed by atoms with Gasteiger partial charge < -0.3 is 14.6 Å². The lowest BCUT2D eigenvalue weighted by molar-refractivity contribution is -0.183. The highest BCUT2D eigenvalue weighted by molar-refractivity contribution is 5.90. The van der Waals surface area contributed by atoms with Crippen LogP contribution in [0.3, 0.4) is 0 Å². The molecule has 1 aliphatic carbocycles. The second kappa shape index (κ2) is 9.23. The highest BCUT2D eigenvalue weighted by Crippen LogP contribution is 2.55. The van der Waals surface area contributed by atoms with Gasteiger partial charge in [-0.05, 0) is 58.1 Å². The Bertz CT molecular complexity index is 903. The largest absolute Gasteiger partial charge is 0.463 e. The van der Waals surface area contributed by atoms with Gasteiger partial charge in [-0.15, -0.1) is 0 Å². The van der Waals surface area contributed by atoms with Crippen molar-refractivity contribution in [2.75, 3.05) is 0 Å². The minimum atomic E-state index is -1.98. The van der Waals surface area contributed by atoms with Crippen molar-refractivity contribution in [3.05, 3.63) is 71.3 Å². The van der Waals surface area contributed by atoms with Crippen LogP contribution in [0.15, 0.2) is 54.6 Å². The van der Waals surface area contributed by atoms with Crippen LogP contribution in [0.5, 0.6) is 0 Å². The molecule has 1 fully saturated rings. The summed E-state index contributed by atoms with van der Waals surface area (Å²) in [4.78, 5) is 26.4. The number of ether oxygens (including phenoxy) is 2. The van der Waals surface area contributed by atoms with Gasteiger partial charge >= 0.3 is 11.9 Å². The molecule has 2 aromatic carbocycles. The maximum Gasteiger partial charge on any atom is 0.339 e. The summed E-state index contributed by atoms with van der Waals surface area (Å²) in [5.74, 6) is -3.11. The van der Waals surface area contributed by atoms with Gasteiger partial charge in [0, 0.05) is 5.92 Å². The summed E-state index contributed by atoms with van der Waals surface area (Å²) in [6.45, 7) is 8.97. The quantitative estimate of drug-likeness (QED) is 0.691. The van der Waals surface area contributed by atoms with Crippen molar-refractivity contribution in [3.8, 4) is 0 Å². The second-order valence-electron chi connectivity index (χ2n) is 9.00. The lowest BCUT2D eigenvalue weighted by atomic mass is 9.78. The van der Waals surface area contributed by atoms with Gasteiger partial charge in [-0.1, -0.05) is 60.2 Å². The van der Waals surface area contributed by atoms with E-state index in [4.69, 9.17) is 9.47 Å². The maximum atomic E-state index is 13.3. The summed E-state index contributed by atoms with van der Waals surface area (Å²) in [6, 6.07) is 17.6. The van der Waals surface area contributed by atoms with Crippen molar-refractivity contribution in [2.24, 2.45) is 5.92 Å². The number of carbonyl (C=O) groups excluding carboxylic acids is 2. The molecule has 5 nitrogen and oxygen atoms in total. The molecule has 31 heavy (non-hydrogen) atoms. The molecule has 0 aromatic heterocycles. The van der Waals surface area contributed by atoms with E-state index < -0.39 is 35.5 Å². The fourth-order valence-electron chi connectivity index (χ4n) is 4.53. The Hall–Kier alpha value is -2.66. The number of aliphatic hydroxyl groups is 1. The zero-order chi connectivity index (χ0) is 22.8. The Kier molecular flexibility index (Phi) is 6.85. The van der Waals surface area contributed by atoms with E-state index in [9.17, 15) is 14.7 Å². The molecule has 1 aliphatic rings. The summed E-state index contributed by atoms with van der Waals surface area (Å²) in [6.07, 6.45) is -0.696. The molecule has 0 aliphatic heterocycles. The Labute approximate surface area is 184 Å². The summed E-state index contributed by atoms with van der Waals surface area (Å²) in [5.41, 5.74) is 0.983. The number of esters is 2. The van der Waals surface area contributed by atoms with Gasteiger partial charge in [-0.3, -0.25) is 4.79 Å². The minimum Gasteiger partial charge on any atom is -0.463 e. The fraction of sp³-hybridized carbons (Fsp3) is 0.462. The molecule has 4 atom stereocenters. The first-order chi connectivity index (χ1) is 14.6. The lowest BCUT2D eigenvalue weighted by Crippen LogP contribution is -2.49. The van der Waals surface area contributed by atoms with Crippen molar-refractivity contribution < 1.29 is 24.2 Å². The average Bonchev–Trinajstić information content (AvgIpc) is 3.03. The number of carbonyl (C=O) groups is 2. The van der Waals surface area contributed by atoms with Gasteiger partial charge in [-0.25, -0.2) is 4.79 Å². The zero-order valence-corrected chi connectivity index (χ0v) is 18.9. The first kappa shape index (κ1) is 23.0. The van der Waals surface area contributed by atoms with E-state index >= 15 is 0 Å². The average molecular weight is 425 g/mol. The molecule has 1 saturated carbocycles. The topological polar surface area (TPSA) is 72.8 Å². The highest BCUT2D eigenvalue weighted by Gasteiger charge is 2.62. The predicted molar refractivity (Wildman–Crippen MR) is 119 cm³/mol. The molecule has 0 amide bonds. The summed E-state index contributed by atoms with van der Waals surface area (Å²) in [5, 5.41) is 11.7. The standard InChI is InChI=1S/C26H32O5/c1-16(2)30-24(27)23-22(20-9-7-6-8-10-20)21(19-13-11-18(5)12-14-19)15-26(23,29)25(28)31-17(3)4/h6-14,16-17,21-23,29H,15H2,1-5H3/t21-,22+,23+,26+/m0/s1. The van der Waals surface area contributed by atoms with E-state index in [0.29, 0.717) is 0 Å². The van der Waals surface area contributed by atoms with E-state index in [2.05, 4.69) is 0 Å². The number of rotatable bonds is 6. The molecule has 0 unspecified atom stereocenters. The number of hydrogen-bond acceptors (Lipinski definition) is 5. The van der Waals surface area contributed by atoms with E-state index in [1.807, 2.05) is 61.5 Å². The zero-order valence-electron chi connectivity index (χ0n) is 18.9. The summed E-state index contributed by atoms with van der Waals surface area (Å²) >= 11 is 0. The molecule has 5 heteroatoms. The first-order valence-corrected chi connectivity index (χ1v) is 10.9. The molecule has 1 N–H and O–H groups in total. The van der Waals surface area contributed by atoms with Gasteiger partial charge in [0.15, 0.2) is 5.60 Å². The summed E-state index contributed by atoms with van der Waals surface area (Å²) in [7, 11) is 0. The number of aryl methyl sites for hydroxylation is 1. The van der Waals surface area contributed by atoms with Crippen molar-refractivity contribution >= 4 is 11.9 Å². The van der Waals surface area contributed by atoms with Crippen LogP contribution >= 0.6 is 0 Å². The maximum absolute atomic E-state index is 13.3. The van der Waals surface area contributed by atoms with E-state index in [1.54, 1.807) is 27.7 Å². The van der Waals surface area contributed by atoms with Crippen LogP contribution in [0.1, 0.15) is 62.6 Å². The van der Waals surface area contributed by atoms with Gasteiger partial charge in [0.25, 0.3) is 0 Å². The summed E-state index contributed by atoms with van der Waals surface area (Å²) < 4.78 is 10.9. The van der Waals surface area contributed by atoms with E-state index in [1.165, 1.54) is 0 Å². The van der Waals surface area contributed by atoms with Crippen molar-refractivity contribution in [1.82, 2.24) is 0 Å². The van der Waals surface area contributed by atoms with Crippen LogP contribution in [0.2, 0.25) is 0 Å². The van der Waals surface area contributed by atoms with Crippen molar-refractivity contribution in [1.29, 1.82) is 0 Å². The second-order valence-corrected chi connectivity index (χ2v) is 9.00. The van der Waals surface area contributed by atoms with Gasteiger partial charge in [0.1, 0.15) is 5.92 Å². The molecule has 3 rings (SSSR count). The van der Waals surface area contributed by atoms with Crippen LogP contribution < -0.4 is 0 Å². The van der Waals surface area contributed by atoms with Gasteiger partial charge in [-0.2, -0.15) is 0 Å². The van der Waals surface area contributed by atoms with E-state index in [-0.39, 0.29) is 18.4 Å². The molecule has 0 saturated heterocycles. The SMILES string of the molecule is Cc1ccc([C@@H]2C[C@](O)(C(=O)OC(C)C)[C@@H](C(=O)OC(C)C)[C@@H]2c2ccccc2)cc1. The highest BCUT2D eigenvalue weighted by atomic mass is 16.6. The third-order valence-corrected chi connectivity index (χ3v) is 5.83. The lowest BCUT2D eigenvalue weighted by Gasteiger charge is -2.30. The van der Waals surface area contributed by atoms with Crippen molar-refractivity contribution in [2.45, 2.75) is 70.7 Å². The molecule has 0 radical (unpaired) electrons. The normalized spacial score (nSPS) is 25.6. The van der Waals surface area contributed by atoms with Gasteiger partial charge in [0.05, 0.1) is 12.2 Å². The molecule has 0 bridgehead atoms. The van der Waals surface area contributed by atoms with Crippen molar-refractivity contribution in [3.63, 3.8) is 0 Å². The van der Waals surface area contributed by atoms with Crippen LogP contribution in [0, 0.1) is 12.8 Å². The van der Waals surface area contributed by atoms with Crippen LogP contribution in [0.4, 0.5) is 0 Å². The van der Waals surface area contributed by atoms with E-state index in [0.717, 1.165) is 16.7 Å². The van der Waals surface area contributed by atoms with Crippen LogP contribution in [-0.2, 0) is 19.1 Å². The Balaban J connectivity index is 2.16. The number of hydrogen-bond donors (Lipinski definition) is 1. The molecule has 166 valence electrons. The van der Waals surface area contributed by atoms with Crippen LogP contribution in [0.25, 0.3) is 0 Å². The first-order valence-electron chi connectivity index (χ1n) is 10.9. The van der Waals surface area contributed by atoms with Crippen LogP contribution in [-0.4, -0.2) is 34.9 Å².